The number of nitrogens with two attached hydrogens (primary N) is 1. The molecule has 0 spiro atoms. The van der Waals surface area contributed by atoms with Crippen LogP contribution in [0.5, 0.6) is 0 Å². The summed E-state index contributed by atoms with van der Waals surface area (Å²) in [6.45, 7) is 12.2. The maximum Gasteiger partial charge on any atom is 0.407 e. The van der Waals surface area contributed by atoms with E-state index in [1.807, 2.05) is 32.5 Å². The Morgan fingerprint density at radius 2 is 2.15 bits per heavy atom. The number of carbonyl (C=O) groups is 1. The number of carbonyl (C=O) groups excluding carboxylic acids is 1. The first-order valence-electron chi connectivity index (χ1n) is 7.29. The summed E-state index contributed by atoms with van der Waals surface area (Å²) in [5, 5.41) is 3.43. The molecule has 1 rings (SSSR count). The van der Waals surface area contributed by atoms with E-state index in [2.05, 4.69) is 24.1 Å². The molecule has 1 fully saturated rings. The van der Waals surface area contributed by atoms with E-state index in [1.165, 1.54) is 0 Å². The minimum absolute atomic E-state index is 0.167. The average Bonchev–Trinajstić information content (AvgIpc) is 2.32. The molecular formula is C14H29N3O2S. The van der Waals surface area contributed by atoms with E-state index in [4.69, 9.17) is 10.5 Å². The summed E-state index contributed by atoms with van der Waals surface area (Å²) in [5.41, 5.74) is 5.42. The zero-order chi connectivity index (χ0) is 15.3. The second kappa shape index (κ2) is 7.52. The molecule has 1 saturated heterocycles. The SMILES string of the molecule is CC1SCCN(C(CN)CNC(=O)OC(C)(C)C)C1C. The number of rotatable bonds is 4. The molecule has 5 nitrogen and oxygen atoms in total. The third-order valence-corrected chi connectivity index (χ3v) is 4.89. The topological polar surface area (TPSA) is 67.6 Å². The number of nitrogens with one attached hydrogen (secondary N) is 1. The van der Waals surface area contributed by atoms with Crippen molar-refractivity contribution in [2.24, 2.45) is 5.73 Å². The van der Waals surface area contributed by atoms with Crippen molar-refractivity contribution in [1.29, 1.82) is 0 Å². The molecule has 1 aliphatic heterocycles. The predicted octanol–water partition coefficient (Wildman–Crippen LogP) is 1.66. The van der Waals surface area contributed by atoms with Crippen molar-refractivity contribution in [3.8, 4) is 0 Å². The lowest BCUT2D eigenvalue weighted by atomic mass is 10.1. The van der Waals surface area contributed by atoms with Crippen LogP contribution in [0.4, 0.5) is 4.79 Å². The smallest absolute Gasteiger partial charge is 0.407 e. The van der Waals surface area contributed by atoms with Gasteiger partial charge in [-0.05, 0) is 27.7 Å². The molecule has 0 aromatic rings. The van der Waals surface area contributed by atoms with Gasteiger partial charge in [0.15, 0.2) is 0 Å². The van der Waals surface area contributed by atoms with Gasteiger partial charge in [-0.25, -0.2) is 4.79 Å². The average molecular weight is 303 g/mol. The standard InChI is InChI=1S/C14H29N3O2S/c1-10-11(2)20-7-6-17(10)12(8-15)9-16-13(18)19-14(3,4)5/h10-12H,6-9,15H2,1-5H3,(H,16,18). The Hall–Kier alpha value is -0.460. The van der Waals surface area contributed by atoms with E-state index >= 15 is 0 Å². The summed E-state index contributed by atoms with van der Waals surface area (Å²) in [5.74, 6) is 1.12. The van der Waals surface area contributed by atoms with Gasteiger partial charge < -0.3 is 15.8 Å². The van der Waals surface area contributed by atoms with E-state index in [-0.39, 0.29) is 12.1 Å². The Morgan fingerprint density at radius 1 is 1.50 bits per heavy atom. The summed E-state index contributed by atoms with van der Waals surface area (Å²) < 4.78 is 5.25. The van der Waals surface area contributed by atoms with E-state index < -0.39 is 5.60 Å². The van der Waals surface area contributed by atoms with Crippen LogP contribution in [0.1, 0.15) is 34.6 Å². The van der Waals surface area contributed by atoms with Gasteiger partial charge in [-0.3, -0.25) is 4.90 Å². The molecule has 6 heteroatoms. The minimum Gasteiger partial charge on any atom is -0.444 e. The third kappa shape index (κ3) is 5.50. The van der Waals surface area contributed by atoms with Crippen LogP contribution in [-0.4, -0.2) is 59.3 Å². The Kier molecular flexibility index (Phi) is 6.61. The summed E-state index contributed by atoms with van der Waals surface area (Å²) in [6, 6.07) is 0.642. The zero-order valence-electron chi connectivity index (χ0n) is 13.3. The first-order chi connectivity index (χ1) is 9.24. The second-order valence-electron chi connectivity index (χ2n) is 6.33. The van der Waals surface area contributed by atoms with Gasteiger partial charge in [-0.2, -0.15) is 11.8 Å². The van der Waals surface area contributed by atoms with Crippen LogP contribution in [0.25, 0.3) is 0 Å². The van der Waals surface area contributed by atoms with Crippen LogP contribution in [0, 0.1) is 0 Å². The van der Waals surface area contributed by atoms with Gasteiger partial charge in [0.05, 0.1) is 0 Å². The summed E-state index contributed by atoms with van der Waals surface area (Å²) in [7, 11) is 0. The largest absolute Gasteiger partial charge is 0.444 e. The molecule has 0 aliphatic carbocycles. The fraction of sp³-hybridized carbons (Fsp3) is 0.929. The monoisotopic (exact) mass is 303 g/mol. The fourth-order valence-electron chi connectivity index (χ4n) is 2.32. The maximum absolute atomic E-state index is 11.7. The second-order valence-corrected chi connectivity index (χ2v) is 7.81. The molecule has 0 aromatic carbocycles. The zero-order valence-corrected chi connectivity index (χ0v) is 14.1. The predicted molar refractivity (Wildman–Crippen MR) is 85.2 cm³/mol. The molecule has 0 aromatic heterocycles. The molecule has 20 heavy (non-hydrogen) atoms. The van der Waals surface area contributed by atoms with Gasteiger partial charge in [0.25, 0.3) is 0 Å². The van der Waals surface area contributed by atoms with Crippen LogP contribution < -0.4 is 11.1 Å². The van der Waals surface area contributed by atoms with Crippen LogP contribution in [-0.2, 0) is 4.74 Å². The van der Waals surface area contributed by atoms with Crippen LogP contribution in [0.15, 0.2) is 0 Å². The van der Waals surface area contributed by atoms with Gasteiger partial charge in [0.2, 0.25) is 0 Å². The highest BCUT2D eigenvalue weighted by molar-refractivity contribution is 8.00. The number of ether oxygens (including phenoxy) is 1. The molecule has 3 unspecified atom stereocenters. The summed E-state index contributed by atoms with van der Waals surface area (Å²) in [6.07, 6.45) is -0.372. The molecule has 3 atom stereocenters. The number of alkyl carbamates (subject to hydrolysis) is 1. The first-order valence-corrected chi connectivity index (χ1v) is 8.33. The van der Waals surface area contributed by atoms with Gasteiger partial charge in [0.1, 0.15) is 5.60 Å². The maximum atomic E-state index is 11.7. The molecule has 1 amide bonds. The van der Waals surface area contributed by atoms with E-state index in [9.17, 15) is 4.79 Å². The van der Waals surface area contributed by atoms with Crippen molar-refractivity contribution >= 4 is 17.9 Å². The highest BCUT2D eigenvalue weighted by Gasteiger charge is 2.30. The van der Waals surface area contributed by atoms with Crippen molar-refractivity contribution in [2.75, 3.05) is 25.4 Å². The third-order valence-electron chi connectivity index (χ3n) is 3.55. The van der Waals surface area contributed by atoms with E-state index in [0.717, 1.165) is 12.3 Å². The van der Waals surface area contributed by atoms with Crippen molar-refractivity contribution in [2.45, 2.75) is 57.6 Å². The van der Waals surface area contributed by atoms with Gasteiger partial charge >= 0.3 is 6.09 Å². The number of thioether (sulfide) groups is 1. The van der Waals surface area contributed by atoms with Crippen molar-refractivity contribution < 1.29 is 9.53 Å². The van der Waals surface area contributed by atoms with E-state index in [0.29, 0.717) is 24.4 Å². The van der Waals surface area contributed by atoms with Crippen molar-refractivity contribution in [1.82, 2.24) is 10.2 Å². The molecular weight excluding hydrogens is 274 g/mol. The lowest BCUT2D eigenvalue weighted by Crippen LogP contribution is -2.56. The summed E-state index contributed by atoms with van der Waals surface area (Å²) >= 11 is 2.00. The molecule has 1 aliphatic rings. The molecule has 3 N–H and O–H groups in total. The quantitative estimate of drug-likeness (QED) is 0.827. The molecule has 118 valence electrons. The molecule has 0 radical (unpaired) electrons. The van der Waals surface area contributed by atoms with Gasteiger partial charge in [-0.1, -0.05) is 6.92 Å². The van der Waals surface area contributed by atoms with Gasteiger partial charge in [0, 0.05) is 42.7 Å². The molecule has 1 heterocycles. The van der Waals surface area contributed by atoms with Crippen molar-refractivity contribution in [3.05, 3.63) is 0 Å². The molecule has 0 bridgehead atoms. The fourth-order valence-corrected chi connectivity index (χ4v) is 3.45. The number of nitrogens with zero attached hydrogens (tertiary/aromatic N) is 1. The lowest BCUT2D eigenvalue weighted by Gasteiger charge is -2.42. The van der Waals surface area contributed by atoms with Crippen LogP contribution >= 0.6 is 11.8 Å². The van der Waals surface area contributed by atoms with Crippen LogP contribution in [0.3, 0.4) is 0 Å². The minimum atomic E-state index is -0.466. The number of hydrogen-bond acceptors (Lipinski definition) is 5. The van der Waals surface area contributed by atoms with Crippen molar-refractivity contribution in [3.63, 3.8) is 0 Å². The van der Waals surface area contributed by atoms with Crippen LogP contribution in [0.2, 0.25) is 0 Å². The van der Waals surface area contributed by atoms with E-state index in [1.54, 1.807) is 0 Å². The normalized spacial score (nSPS) is 26.1. The highest BCUT2D eigenvalue weighted by atomic mass is 32.2. The van der Waals surface area contributed by atoms with Gasteiger partial charge in [-0.15, -0.1) is 0 Å². The first kappa shape index (κ1) is 17.6. The Morgan fingerprint density at radius 3 is 2.70 bits per heavy atom. The lowest BCUT2D eigenvalue weighted by molar-refractivity contribution is 0.0499. The number of amides is 1. The Bertz CT molecular complexity index is 320. The Balaban J connectivity index is 2.48. The Labute approximate surface area is 127 Å². The molecule has 0 saturated carbocycles. The summed E-state index contributed by atoms with van der Waals surface area (Å²) in [4.78, 5) is 14.1. The highest BCUT2D eigenvalue weighted by Crippen LogP contribution is 2.25. The number of hydrogen-bond donors (Lipinski definition) is 2.